The maximum absolute atomic E-state index is 3.75. The van der Waals surface area contributed by atoms with Crippen LogP contribution < -0.4 is 0 Å². The van der Waals surface area contributed by atoms with E-state index in [0.29, 0.717) is 5.41 Å². The molecule has 0 saturated carbocycles. The summed E-state index contributed by atoms with van der Waals surface area (Å²) < 4.78 is 0. The van der Waals surface area contributed by atoms with Gasteiger partial charge >= 0.3 is 0 Å². The van der Waals surface area contributed by atoms with Crippen LogP contribution in [0.1, 0.15) is 54.9 Å². The van der Waals surface area contributed by atoms with Crippen molar-refractivity contribution in [3.8, 4) is 0 Å². The highest BCUT2D eigenvalue weighted by Crippen LogP contribution is 2.41. The monoisotopic (exact) mass is 234 g/mol. The van der Waals surface area contributed by atoms with Crippen molar-refractivity contribution in [2.45, 2.75) is 54.9 Å². The van der Waals surface area contributed by atoms with Gasteiger partial charge in [-0.25, -0.2) is 0 Å². The first-order valence-electron chi connectivity index (χ1n) is 6.50. The third-order valence-electron chi connectivity index (χ3n) is 3.39. The van der Waals surface area contributed by atoms with Crippen LogP contribution in [0, 0.1) is 16.2 Å². The van der Waals surface area contributed by atoms with E-state index < -0.39 is 0 Å². The highest BCUT2D eigenvalue weighted by atomic mass is 14.4. The van der Waals surface area contributed by atoms with E-state index in [-0.39, 0.29) is 10.8 Å². The number of hydrogen-bond donors (Lipinski definition) is 0. The van der Waals surface area contributed by atoms with Crippen molar-refractivity contribution in [1.29, 1.82) is 0 Å². The molecule has 0 aliphatic rings. The van der Waals surface area contributed by atoms with Crippen molar-refractivity contribution in [3.05, 3.63) is 37.0 Å². The van der Waals surface area contributed by atoms with Gasteiger partial charge in [-0.1, -0.05) is 85.4 Å². The van der Waals surface area contributed by atoms with Crippen molar-refractivity contribution in [3.63, 3.8) is 0 Å². The molecule has 0 aliphatic heterocycles. The summed E-state index contributed by atoms with van der Waals surface area (Å²) in [6, 6.07) is 0. The van der Waals surface area contributed by atoms with Crippen molar-refractivity contribution < 1.29 is 0 Å². The van der Waals surface area contributed by atoms with Gasteiger partial charge in [0, 0.05) is 5.41 Å². The standard InChI is InChI=1S/C17H30/c1-9-10-13-17(8,16(5,6)7)14-11-12-15(2,3)4/h9-11,13-14H,1,12H2,2-8H3/b13-10-,14-11-. The fourth-order valence-electron chi connectivity index (χ4n) is 1.48. The van der Waals surface area contributed by atoms with Gasteiger partial charge in [0.05, 0.1) is 0 Å². The summed E-state index contributed by atoms with van der Waals surface area (Å²) in [5.74, 6) is 0. The average molecular weight is 234 g/mol. The lowest BCUT2D eigenvalue weighted by Crippen LogP contribution is -2.28. The van der Waals surface area contributed by atoms with Crippen molar-refractivity contribution >= 4 is 0 Å². The summed E-state index contributed by atoms with van der Waals surface area (Å²) >= 11 is 0. The Morgan fingerprint density at radius 3 is 1.76 bits per heavy atom. The third kappa shape index (κ3) is 5.91. The van der Waals surface area contributed by atoms with Gasteiger partial charge in [-0.15, -0.1) is 0 Å². The molecule has 0 bridgehead atoms. The molecule has 0 N–H and O–H groups in total. The molecule has 98 valence electrons. The molecule has 0 nitrogen and oxygen atoms in total. The lowest BCUT2D eigenvalue weighted by molar-refractivity contribution is 0.227. The second-order valence-electron chi connectivity index (χ2n) is 7.29. The lowest BCUT2D eigenvalue weighted by Gasteiger charge is -2.37. The van der Waals surface area contributed by atoms with Crippen LogP contribution in [-0.2, 0) is 0 Å². The first-order valence-corrected chi connectivity index (χ1v) is 6.50. The zero-order valence-electron chi connectivity index (χ0n) is 12.8. The van der Waals surface area contributed by atoms with Crippen LogP contribution >= 0.6 is 0 Å². The maximum Gasteiger partial charge on any atom is 0.00842 e. The summed E-state index contributed by atoms with van der Waals surface area (Å²) in [5, 5.41) is 0. The van der Waals surface area contributed by atoms with Crippen molar-refractivity contribution in [1.82, 2.24) is 0 Å². The Balaban J connectivity index is 4.97. The predicted octanol–water partition coefficient (Wildman–Crippen LogP) is 5.77. The minimum atomic E-state index is 0.0758. The number of hydrogen-bond acceptors (Lipinski definition) is 0. The van der Waals surface area contributed by atoms with E-state index in [9.17, 15) is 0 Å². The first kappa shape index (κ1) is 16.2. The predicted molar refractivity (Wildman–Crippen MR) is 80.1 cm³/mol. The SMILES string of the molecule is C=C/C=C\C(C)(/C=C\CC(C)(C)C)C(C)(C)C. The fraction of sp³-hybridized carbons (Fsp3) is 0.647. The zero-order chi connectivity index (χ0) is 13.7. The largest absolute Gasteiger partial charge is 0.0991 e. The Morgan fingerprint density at radius 2 is 1.41 bits per heavy atom. The van der Waals surface area contributed by atoms with E-state index >= 15 is 0 Å². The molecule has 0 aliphatic carbocycles. The molecule has 0 spiro atoms. The molecular formula is C17H30. The zero-order valence-corrected chi connectivity index (χ0v) is 12.8. The Labute approximate surface area is 109 Å². The number of allylic oxidation sites excluding steroid dienone is 5. The first-order chi connectivity index (χ1) is 7.52. The quantitative estimate of drug-likeness (QED) is 0.427. The van der Waals surface area contributed by atoms with Gasteiger partial charge in [0.25, 0.3) is 0 Å². The van der Waals surface area contributed by atoms with E-state index in [4.69, 9.17) is 0 Å². The van der Waals surface area contributed by atoms with Crippen molar-refractivity contribution in [2.24, 2.45) is 16.2 Å². The molecule has 17 heavy (non-hydrogen) atoms. The number of rotatable bonds is 4. The molecule has 1 atom stereocenters. The Kier molecular flexibility index (Phi) is 5.45. The Morgan fingerprint density at radius 1 is 0.882 bits per heavy atom. The summed E-state index contributed by atoms with van der Waals surface area (Å²) in [7, 11) is 0. The van der Waals surface area contributed by atoms with E-state index in [1.54, 1.807) is 0 Å². The lowest BCUT2D eigenvalue weighted by atomic mass is 9.67. The molecule has 0 aromatic rings. The Bertz CT molecular complexity index is 291. The molecule has 0 saturated heterocycles. The minimum absolute atomic E-state index is 0.0758. The van der Waals surface area contributed by atoms with Crippen LogP contribution in [0.5, 0.6) is 0 Å². The minimum Gasteiger partial charge on any atom is -0.0991 e. The van der Waals surface area contributed by atoms with Gasteiger partial charge < -0.3 is 0 Å². The Hall–Kier alpha value is -0.780. The molecular weight excluding hydrogens is 204 g/mol. The fourth-order valence-corrected chi connectivity index (χ4v) is 1.48. The van der Waals surface area contributed by atoms with E-state index in [1.165, 1.54) is 0 Å². The molecule has 0 amide bonds. The van der Waals surface area contributed by atoms with Gasteiger partial charge in [0.1, 0.15) is 0 Å². The highest BCUT2D eigenvalue weighted by Gasteiger charge is 2.32. The van der Waals surface area contributed by atoms with Gasteiger partial charge in [-0.2, -0.15) is 0 Å². The molecule has 0 aromatic carbocycles. The normalized spacial score (nSPS) is 17.6. The van der Waals surface area contributed by atoms with Gasteiger partial charge in [-0.05, 0) is 17.3 Å². The van der Waals surface area contributed by atoms with Crippen molar-refractivity contribution in [2.75, 3.05) is 0 Å². The maximum atomic E-state index is 3.75. The van der Waals surface area contributed by atoms with E-state index in [1.807, 2.05) is 12.2 Å². The van der Waals surface area contributed by atoms with Gasteiger partial charge in [0.2, 0.25) is 0 Å². The van der Waals surface area contributed by atoms with E-state index in [2.05, 4.69) is 73.3 Å². The van der Waals surface area contributed by atoms with E-state index in [0.717, 1.165) is 6.42 Å². The second kappa shape index (κ2) is 5.71. The second-order valence-corrected chi connectivity index (χ2v) is 7.29. The average Bonchev–Trinajstić information content (AvgIpc) is 2.10. The third-order valence-corrected chi connectivity index (χ3v) is 3.39. The van der Waals surface area contributed by atoms with Gasteiger partial charge in [0.15, 0.2) is 0 Å². The van der Waals surface area contributed by atoms with Crippen LogP contribution in [0.4, 0.5) is 0 Å². The summed E-state index contributed by atoms with van der Waals surface area (Å²) in [4.78, 5) is 0. The summed E-state index contributed by atoms with van der Waals surface area (Å²) in [6.07, 6.45) is 11.9. The van der Waals surface area contributed by atoms with Crippen LogP contribution in [-0.4, -0.2) is 0 Å². The molecule has 0 rings (SSSR count). The van der Waals surface area contributed by atoms with Crippen LogP contribution in [0.2, 0.25) is 0 Å². The molecule has 0 fully saturated rings. The smallest absolute Gasteiger partial charge is 0.00842 e. The molecule has 0 heteroatoms. The molecule has 0 radical (unpaired) electrons. The molecule has 0 heterocycles. The van der Waals surface area contributed by atoms with Gasteiger partial charge in [-0.3, -0.25) is 0 Å². The van der Waals surface area contributed by atoms with Crippen LogP contribution in [0.15, 0.2) is 37.0 Å². The van der Waals surface area contributed by atoms with Crippen LogP contribution in [0.25, 0.3) is 0 Å². The molecule has 0 aromatic heterocycles. The summed E-state index contributed by atoms with van der Waals surface area (Å²) in [5.41, 5.74) is 0.644. The summed E-state index contributed by atoms with van der Waals surface area (Å²) in [6.45, 7) is 19.7. The molecule has 1 unspecified atom stereocenters. The highest BCUT2D eigenvalue weighted by molar-refractivity contribution is 5.17. The topological polar surface area (TPSA) is 0 Å². The van der Waals surface area contributed by atoms with Crippen LogP contribution in [0.3, 0.4) is 0 Å².